The largest absolute Gasteiger partial charge is 0.444 e. The number of halogens is 1. The Morgan fingerprint density at radius 2 is 1.94 bits per heavy atom. The number of carbonyl (C=O) groups is 1. The molecule has 1 saturated heterocycles. The first-order chi connectivity index (χ1) is 15.6. The van der Waals surface area contributed by atoms with E-state index in [1.807, 2.05) is 45.6 Å². The first kappa shape index (κ1) is 22.2. The Morgan fingerprint density at radius 1 is 1.21 bits per heavy atom. The molecule has 0 radical (unpaired) electrons. The van der Waals surface area contributed by atoms with Gasteiger partial charge in [0, 0.05) is 55.6 Å². The molecule has 4 aromatic rings. The maximum absolute atomic E-state index is 12.3. The highest BCUT2D eigenvalue weighted by Gasteiger charge is 2.29. The summed E-state index contributed by atoms with van der Waals surface area (Å²) in [5.41, 5.74) is 3.56. The molecule has 0 spiro atoms. The van der Waals surface area contributed by atoms with Crippen molar-refractivity contribution in [2.45, 2.75) is 52.1 Å². The molecule has 7 nitrogen and oxygen atoms in total. The number of rotatable bonds is 2. The summed E-state index contributed by atoms with van der Waals surface area (Å²) >= 11 is 8.37. The number of likely N-dealkylation sites (tertiary alicyclic amines) is 1. The van der Waals surface area contributed by atoms with Crippen molar-refractivity contribution in [1.82, 2.24) is 24.1 Å². The Morgan fingerprint density at radius 3 is 2.61 bits per heavy atom. The smallest absolute Gasteiger partial charge is 0.410 e. The van der Waals surface area contributed by atoms with Crippen LogP contribution in [0.2, 0.25) is 5.02 Å². The van der Waals surface area contributed by atoms with E-state index >= 15 is 0 Å². The van der Waals surface area contributed by atoms with Gasteiger partial charge in [0.15, 0.2) is 4.96 Å². The van der Waals surface area contributed by atoms with Crippen LogP contribution in [0.4, 0.5) is 4.79 Å². The number of hydrogen-bond donors (Lipinski definition) is 0. The number of ether oxygens (including phenoxy) is 1. The van der Waals surface area contributed by atoms with Crippen molar-refractivity contribution >= 4 is 44.9 Å². The Balaban J connectivity index is 1.34. The third kappa shape index (κ3) is 4.22. The zero-order valence-electron chi connectivity index (χ0n) is 19.6. The molecule has 5 rings (SSSR count). The van der Waals surface area contributed by atoms with Gasteiger partial charge in [0.2, 0.25) is 0 Å². The Labute approximate surface area is 201 Å². The molecule has 0 unspecified atom stereocenters. The Hall–Kier alpha value is -2.58. The summed E-state index contributed by atoms with van der Waals surface area (Å²) in [5.74, 6) is 0.344. The molecule has 4 heterocycles. The first-order valence-electron chi connectivity index (χ1n) is 11.2. The molecule has 0 bridgehead atoms. The predicted octanol–water partition coefficient (Wildman–Crippen LogP) is 6.03. The summed E-state index contributed by atoms with van der Waals surface area (Å²) in [6, 6.07) is 2.11. The molecule has 9 heteroatoms. The van der Waals surface area contributed by atoms with Crippen LogP contribution in [0.15, 0.2) is 24.7 Å². The minimum Gasteiger partial charge on any atom is -0.444 e. The van der Waals surface area contributed by atoms with E-state index < -0.39 is 5.60 Å². The molecule has 1 aliphatic heterocycles. The molecule has 3 aromatic heterocycles. The first-order valence-corrected chi connectivity index (χ1v) is 12.4. The van der Waals surface area contributed by atoms with E-state index in [4.69, 9.17) is 21.3 Å². The standard InChI is InChI=1S/C24H28ClN5O2S/c1-14-20(25)17(10-16-11-28(5)27-21(14)16)19-13-30-12-18(26-22(30)33-19)15-6-8-29(9-7-15)23(31)32-24(2,3)4/h10-13,15H,6-9H2,1-5H3. The molecule has 0 saturated carbocycles. The molecule has 0 aliphatic carbocycles. The van der Waals surface area contributed by atoms with Crippen LogP contribution in [0, 0.1) is 6.92 Å². The average Bonchev–Trinajstić information content (AvgIpc) is 3.42. The number of hydrogen-bond acceptors (Lipinski definition) is 5. The van der Waals surface area contributed by atoms with E-state index in [0.29, 0.717) is 19.0 Å². The Kier molecular flexibility index (Phi) is 5.40. The van der Waals surface area contributed by atoms with Crippen LogP contribution < -0.4 is 0 Å². The fourth-order valence-corrected chi connectivity index (χ4v) is 5.73. The van der Waals surface area contributed by atoms with Gasteiger partial charge in [-0.3, -0.25) is 9.08 Å². The van der Waals surface area contributed by atoms with Gasteiger partial charge in [-0.25, -0.2) is 9.78 Å². The predicted molar refractivity (Wildman–Crippen MR) is 132 cm³/mol. The minimum absolute atomic E-state index is 0.228. The number of imidazole rings is 1. The zero-order chi connectivity index (χ0) is 23.5. The third-order valence-electron chi connectivity index (χ3n) is 6.08. The quantitative estimate of drug-likeness (QED) is 0.348. The second-order valence-corrected chi connectivity index (χ2v) is 11.2. The van der Waals surface area contributed by atoms with Crippen molar-refractivity contribution < 1.29 is 9.53 Å². The summed E-state index contributed by atoms with van der Waals surface area (Å²) in [6.07, 6.45) is 7.79. The van der Waals surface area contributed by atoms with Crippen molar-refractivity contribution in [2.75, 3.05) is 13.1 Å². The summed E-state index contributed by atoms with van der Waals surface area (Å²) in [5, 5.41) is 6.34. The third-order valence-corrected chi connectivity index (χ3v) is 7.60. The van der Waals surface area contributed by atoms with Crippen LogP contribution in [-0.4, -0.2) is 48.8 Å². The van der Waals surface area contributed by atoms with Gasteiger partial charge in [0.25, 0.3) is 0 Å². The number of amides is 1. The van der Waals surface area contributed by atoms with Gasteiger partial charge in [0.1, 0.15) is 5.60 Å². The van der Waals surface area contributed by atoms with Gasteiger partial charge < -0.3 is 9.64 Å². The maximum atomic E-state index is 12.3. The van der Waals surface area contributed by atoms with E-state index in [-0.39, 0.29) is 6.09 Å². The van der Waals surface area contributed by atoms with Crippen LogP contribution in [0.3, 0.4) is 0 Å². The van der Waals surface area contributed by atoms with Crippen LogP contribution in [-0.2, 0) is 11.8 Å². The highest BCUT2D eigenvalue weighted by molar-refractivity contribution is 7.20. The number of benzene rings is 1. The van der Waals surface area contributed by atoms with Crippen LogP contribution >= 0.6 is 22.9 Å². The van der Waals surface area contributed by atoms with Crippen molar-refractivity contribution in [3.63, 3.8) is 0 Å². The highest BCUT2D eigenvalue weighted by Crippen LogP contribution is 2.39. The molecule has 33 heavy (non-hydrogen) atoms. The molecule has 1 amide bonds. The van der Waals surface area contributed by atoms with E-state index in [2.05, 4.69) is 28.0 Å². The van der Waals surface area contributed by atoms with Crippen molar-refractivity contribution in [1.29, 1.82) is 0 Å². The zero-order valence-corrected chi connectivity index (χ0v) is 21.1. The number of aromatic nitrogens is 4. The summed E-state index contributed by atoms with van der Waals surface area (Å²) in [7, 11) is 1.92. The minimum atomic E-state index is -0.469. The fourth-order valence-electron chi connectivity index (χ4n) is 4.43. The number of carbonyl (C=O) groups excluding carboxylic acids is 1. The lowest BCUT2D eigenvalue weighted by Gasteiger charge is -2.32. The van der Waals surface area contributed by atoms with Crippen LogP contribution in [0.25, 0.3) is 26.3 Å². The normalized spacial score (nSPS) is 15.6. The van der Waals surface area contributed by atoms with Gasteiger partial charge in [-0.1, -0.05) is 22.9 Å². The number of aryl methyl sites for hydroxylation is 2. The summed E-state index contributed by atoms with van der Waals surface area (Å²) < 4.78 is 9.42. The van der Waals surface area contributed by atoms with Crippen LogP contribution in [0.5, 0.6) is 0 Å². The topological polar surface area (TPSA) is 64.7 Å². The molecule has 1 aliphatic rings. The summed E-state index contributed by atoms with van der Waals surface area (Å²) in [6.45, 7) is 9.08. The Bertz CT molecular complexity index is 1320. The number of piperidine rings is 1. The second-order valence-electron chi connectivity index (χ2n) is 9.80. The van der Waals surface area contributed by atoms with E-state index in [9.17, 15) is 4.79 Å². The van der Waals surface area contributed by atoms with Crippen molar-refractivity contribution in [2.24, 2.45) is 7.05 Å². The van der Waals surface area contributed by atoms with Gasteiger partial charge in [-0.2, -0.15) is 5.10 Å². The van der Waals surface area contributed by atoms with Gasteiger partial charge in [-0.05, 0) is 52.2 Å². The van der Waals surface area contributed by atoms with Gasteiger partial charge in [-0.15, -0.1) is 0 Å². The molecular formula is C24H28ClN5O2S. The molecule has 1 aromatic carbocycles. The molecule has 1 fully saturated rings. The molecular weight excluding hydrogens is 458 g/mol. The van der Waals surface area contributed by atoms with Crippen LogP contribution in [0.1, 0.15) is 50.8 Å². The number of fused-ring (bicyclic) bond motifs is 2. The van der Waals surface area contributed by atoms with E-state index in [1.165, 1.54) is 0 Å². The molecule has 0 atom stereocenters. The van der Waals surface area contributed by atoms with Crippen molar-refractivity contribution in [3.05, 3.63) is 40.9 Å². The highest BCUT2D eigenvalue weighted by atomic mass is 35.5. The average molecular weight is 486 g/mol. The number of thiazole rings is 1. The lowest BCUT2D eigenvalue weighted by atomic mass is 9.94. The maximum Gasteiger partial charge on any atom is 0.410 e. The van der Waals surface area contributed by atoms with Gasteiger partial charge in [0.05, 0.1) is 21.1 Å². The summed E-state index contributed by atoms with van der Waals surface area (Å²) in [4.78, 5) is 21.1. The van der Waals surface area contributed by atoms with E-state index in [1.54, 1.807) is 16.2 Å². The fraction of sp³-hybridized carbons (Fsp3) is 0.458. The second kappa shape index (κ2) is 8.02. The number of nitrogens with zero attached hydrogens (tertiary/aromatic N) is 5. The lowest BCUT2D eigenvalue weighted by Crippen LogP contribution is -2.41. The van der Waals surface area contributed by atoms with Gasteiger partial charge >= 0.3 is 6.09 Å². The van der Waals surface area contributed by atoms with Crippen molar-refractivity contribution in [3.8, 4) is 10.4 Å². The monoisotopic (exact) mass is 485 g/mol. The lowest BCUT2D eigenvalue weighted by molar-refractivity contribution is 0.0204. The molecule has 0 N–H and O–H groups in total. The molecule has 174 valence electrons. The van der Waals surface area contributed by atoms with E-state index in [0.717, 1.165) is 55.4 Å². The SMILES string of the molecule is Cc1c(Cl)c(-c2cn3cc(C4CCN(C(=O)OC(C)(C)C)CC4)nc3s2)cc2cn(C)nc12.